The van der Waals surface area contributed by atoms with Gasteiger partial charge in [0.2, 0.25) is 0 Å². The second-order valence-corrected chi connectivity index (χ2v) is 3.60. The molecule has 1 rings (SSSR count). The zero-order chi connectivity index (χ0) is 9.68. The van der Waals surface area contributed by atoms with Crippen molar-refractivity contribution in [3.05, 3.63) is 47.0 Å². The van der Waals surface area contributed by atoms with Crippen LogP contribution in [0.25, 0.3) is 0 Å². The molecule has 0 bridgehead atoms. The zero-order valence-electron chi connectivity index (χ0n) is 8.02. The summed E-state index contributed by atoms with van der Waals surface area (Å²) >= 11 is 6.02. The van der Waals surface area contributed by atoms with Gasteiger partial charge in [0.25, 0.3) is 0 Å². The van der Waals surface area contributed by atoms with E-state index in [-0.39, 0.29) is 0 Å². The van der Waals surface area contributed by atoms with Crippen molar-refractivity contribution in [2.45, 2.75) is 26.2 Å². The van der Waals surface area contributed by atoms with E-state index in [0.29, 0.717) is 0 Å². The predicted octanol–water partition coefficient (Wildman–Crippen LogP) is 4.24. The first-order valence-electron chi connectivity index (χ1n) is 4.64. The van der Waals surface area contributed by atoms with Gasteiger partial charge < -0.3 is 0 Å². The van der Waals surface area contributed by atoms with Crippen LogP contribution >= 0.6 is 11.6 Å². The van der Waals surface area contributed by atoms with E-state index in [2.05, 4.69) is 19.6 Å². The lowest BCUT2D eigenvalue weighted by molar-refractivity contribution is 0.890. The van der Waals surface area contributed by atoms with Crippen molar-refractivity contribution in [3.63, 3.8) is 0 Å². The Morgan fingerprint density at radius 2 is 2.08 bits per heavy atom. The summed E-state index contributed by atoms with van der Waals surface area (Å²) in [6, 6.07) is 7.99. The highest BCUT2D eigenvalue weighted by molar-refractivity contribution is 6.31. The number of benzene rings is 1. The van der Waals surface area contributed by atoms with E-state index in [1.807, 2.05) is 18.2 Å². The summed E-state index contributed by atoms with van der Waals surface area (Å²) in [4.78, 5) is 0. The first-order valence-corrected chi connectivity index (χ1v) is 5.02. The highest BCUT2D eigenvalue weighted by Gasteiger charge is 1.98. The highest BCUT2D eigenvalue weighted by Crippen LogP contribution is 2.18. The minimum Gasteiger partial charge on any atom is -0.0999 e. The second kappa shape index (κ2) is 5.08. The molecule has 1 aromatic rings. The standard InChI is InChI=1S/C12H15Cl/c1-3-10(2)8-9-11-6-4-5-7-12(11)13/h4-7H,2-3,8-9H2,1H3. The largest absolute Gasteiger partial charge is 0.0999 e. The fourth-order valence-corrected chi connectivity index (χ4v) is 1.42. The van der Waals surface area contributed by atoms with E-state index < -0.39 is 0 Å². The molecule has 70 valence electrons. The molecule has 0 fully saturated rings. The summed E-state index contributed by atoms with van der Waals surface area (Å²) in [6.45, 7) is 6.11. The lowest BCUT2D eigenvalue weighted by Crippen LogP contribution is -1.88. The van der Waals surface area contributed by atoms with Crippen LogP contribution in [0.1, 0.15) is 25.3 Å². The molecule has 1 heteroatoms. The van der Waals surface area contributed by atoms with Crippen LogP contribution in [0.4, 0.5) is 0 Å². The Labute approximate surface area is 85.2 Å². The van der Waals surface area contributed by atoms with Crippen molar-refractivity contribution in [2.24, 2.45) is 0 Å². The van der Waals surface area contributed by atoms with Gasteiger partial charge >= 0.3 is 0 Å². The summed E-state index contributed by atoms with van der Waals surface area (Å²) in [5, 5.41) is 0.867. The first kappa shape index (κ1) is 10.3. The molecule has 0 heterocycles. The average molecular weight is 195 g/mol. The molecule has 0 N–H and O–H groups in total. The SMILES string of the molecule is C=C(CC)CCc1ccccc1Cl. The molecule has 1 aromatic carbocycles. The zero-order valence-corrected chi connectivity index (χ0v) is 8.77. The third-order valence-corrected chi connectivity index (χ3v) is 2.57. The topological polar surface area (TPSA) is 0 Å². The van der Waals surface area contributed by atoms with E-state index in [0.717, 1.165) is 24.3 Å². The van der Waals surface area contributed by atoms with Gasteiger partial charge in [-0.15, -0.1) is 0 Å². The summed E-state index contributed by atoms with van der Waals surface area (Å²) in [7, 11) is 0. The molecular formula is C12H15Cl. The van der Waals surface area contributed by atoms with Crippen molar-refractivity contribution in [2.75, 3.05) is 0 Å². The quantitative estimate of drug-likeness (QED) is 0.629. The molecule has 0 spiro atoms. The maximum Gasteiger partial charge on any atom is 0.0438 e. The summed E-state index contributed by atoms with van der Waals surface area (Å²) in [5.41, 5.74) is 2.51. The van der Waals surface area contributed by atoms with Crippen LogP contribution in [0.15, 0.2) is 36.4 Å². The monoisotopic (exact) mass is 194 g/mol. The Kier molecular flexibility index (Phi) is 4.04. The number of hydrogen-bond acceptors (Lipinski definition) is 0. The number of allylic oxidation sites excluding steroid dienone is 1. The third kappa shape index (κ3) is 3.23. The van der Waals surface area contributed by atoms with Gasteiger partial charge in [-0.25, -0.2) is 0 Å². The second-order valence-electron chi connectivity index (χ2n) is 3.19. The van der Waals surface area contributed by atoms with Gasteiger partial charge in [0.05, 0.1) is 0 Å². The smallest absolute Gasteiger partial charge is 0.0438 e. The molecule has 0 radical (unpaired) electrons. The van der Waals surface area contributed by atoms with Crippen molar-refractivity contribution in [1.82, 2.24) is 0 Å². The molecule has 0 saturated heterocycles. The van der Waals surface area contributed by atoms with Crippen LogP contribution in [0.2, 0.25) is 5.02 Å². The molecule has 0 aromatic heterocycles. The van der Waals surface area contributed by atoms with Crippen molar-refractivity contribution in [1.29, 1.82) is 0 Å². The molecule has 13 heavy (non-hydrogen) atoms. The van der Waals surface area contributed by atoms with Crippen molar-refractivity contribution in [3.8, 4) is 0 Å². The summed E-state index contributed by atoms with van der Waals surface area (Å²) in [6.07, 6.45) is 3.11. The van der Waals surface area contributed by atoms with Gasteiger partial charge in [-0.1, -0.05) is 48.9 Å². The fraction of sp³-hybridized carbons (Fsp3) is 0.333. The van der Waals surface area contributed by atoms with Gasteiger partial charge in [0.1, 0.15) is 0 Å². The van der Waals surface area contributed by atoms with Gasteiger partial charge in [0, 0.05) is 5.02 Å². The molecule has 0 amide bonds. The van der Waals surface area contributed by atoms with Gasteiger partial charge in [-0.2, -0.15) is 0 Å². The minimum absolute atomic E-state index is 0.867. The number of halogens is 1. The van der Waals surface area contributed by atoms with Gasteiger partial charge in [-0.3, -0.25) is 0 Å². The van der Waals surface area contributed by atoms with Crippen LogP contribution in [-0.2, 0) is 6.42 Å². The fourth-order valence-electron chi connectivity index (χ4n) is 1.19. The Morgan fingerprint density at radius 1 is 1.38 bits per heavy atom. The van der Waals surface area contributed by atoms with Gasteiger partial charge in [-0.05, 0) is 30.9 Å². The van der Waals surface area contributed by atoms with Crippen LogP contribution in [0, 0.1) is 0 Å². The number of aryl methyl sites for hydroxylation is 1. The van der Waals surface area contributed by atoms with E-state index in [1.54, 1.807) is 0 Å². The maximum absolute atomic E-state index is 6.02. The normalized spacial score (nSPS) is 10.0. The minimum atomic E-state index is 0.867. The molecule has 0 unspecified atom stereocenters. The Bertz CT molecular complexity index is 289. The molecule has 0 aliphatic heterocycles. The maximum atomic E-state index is 6.02. The van der Waals surface area contributed by atoms with E-state index in [9.17, 15) is 0 Å². The average Bonchev–Trinajstić information content (AvgIpc) is 2.16. The third-order valence-electron chi connectivity index (χ3n) is 2.21. The lowest BCUT2D eigenvalue weighted by atomic mass is 10.0. The predicted molar refractivity (Wildman–Crippen MR) is 59.2 cm³/mol. The molecule has 0 atom stereocenters. The van der Waals surface area contributed by atoms with Crippen LogP contribution in [-0.4, -0.2) is 0 Å². The Morgan fingerprint density at radius 3 is 2.69 bits per heavy atom. The molecular weight excluding hydrogens is 180 g/mol. The molecule has 0 aliphatic rings. The number of hydrogen-bond donors (Lipinski definition) is 0. The Hall–Kier alpha value is -0.750. The summed E-state index contributed by atoms with van der Waals surface area (Å²) < 4.78 is 0. The molecule has 0 aliphatic carbocycles. The van der Waals surface area contributed by atoms with Crippen LogP contribution in [0.5, 0.6) is 0 Å². The number of rotatable bonds is 4. The first-order chi connectivity index (χ1) is 6.24. The Balaban J connectivity index is 2.54. The van der Waals surface area contributed by atoms with Crippen LogP contribution in [0.3, 0.4) is 0 Å². The van der Waals surface area contributed by atoms with E-state index >= 15 is 0 Å². The van der Waals surface area contributed by atoms with E-state index in [1.165, 1.54) is 11.1 Å². The molecule has 0 nitrogen and oxygen atoms in total. The van der Waals surface area contributed by atoms with Gasteiger partial charge in [0.15, 0.2) is 0 Å². The molecule has 0 saturated carbocycles. The summed E-state index contributed by atoms with van der Waals surface area (Å²) in [5.74, 6) is 0. The highest BCUT2D eigenvalue weighted by atomic mass is 35.5. The van der Waals surface area contributed by atoms with E-state index in [4.69, 9.17) is 11.6 Å². The lowest BCUT2D eigenvalue weighted by Gasteiger charge is -2.04. The van der Waals surface area contributed by atoms with Crippen molar-refractivity contribution >= 4 is 11.6 Å². The van der Waals surface area contributed by atoms with Crippen LogP contribution < -0.4 is 0 Å². The van der Waals surface area contributed by atoms with Crippen molar-refractivity contribution < 1.29 is 0 Å².